The van der Waals surface area contributed by atoms with Gasteiger partial charge in [-0.25, -0.2) is 8.42 Å². The summed E-state index contributed by atoms with van der Waals surface area (Å²) in [4.78, 5) is 10.6. The van der Waals surface area contributed by atoms with Gasteiger partial charge in [0.1, 0.15) is 0 Å². The first-order valence-corrected chi connectivity index (χ1v) is 8.39. The third-order valence-electron chi connectivity index (χ3n) is 3.13. The molecule has 0 spiro atoms. The molecule has 0 radical (unpaired) electrons. The number of sulfone groups is 1. The SMILES string of the molecule is CCNC(CC)Cc1ccc(S(C)(=O)=O)cc1[N+](=O)[O-]. The molecule has 20 heavy (non-hydrogen) atoms. The van der Waals surface area contributed by atoms with Crippen molar-refractivity contribution in [2.24, 2.45) is 0 Å². The minimum atomic E-state index is -3.44. The molecule has 1 rings (SSSR count). The van der Waals surface area contributed by atoms with Crippen molar-refractivity contribution in [3.63, 3.8) is 0 Å². The molecular weight excluding hydrogens is 280 g/mol. The van der Waals surface area contributed by atoms with E-state index in [1.807, 2.05) is 13.8 Å². The Morgan fingerprint density at radius 1 is 1.35 bits per heavy atom. The third kappa shape index (κ3) is 4.28. The van der Waals surface area contributed by atoms with Gasteiger partial charge in [0.2, 0.25) is 0 Å². The van der Waals surface area contributed by atoms with Crippen LogP contribution in [0.4, 0.5) is 5.69 Å². The maximum atomic E-state index is 11.5. The average Bonchev–Trinajstić information content (AvgIpc) is 2.36. The van der Waals surface area contributed by atoms with Crippen molar-refractivity contribution in [1.82, 2.24) is 5.32 Å². The Labute approximate surface area is 119 Å². The second-order valence-corrected chi connectivity index (χ2v) is 6.70. The molecule has 1 unspecified atom stereocenters. The van der Waals surface area contributed by atoms with Crippen molar-refractivity contribution in [2.75, 3.05) is 12.8 Å². The summed E-state index contributed by atoms with van der Waals surface area (Å²) in [5.41, 5.74) is 0.416. The molecule has 6 nitrogen and oxygen atoms in total. The maximum Gasteiger partial charge on any atom is 0.273 e. The van der Waals surface area contributed by atoms with E-state index in [1.165, 1.54) is 12.1 Å². The second-order valence-electron chi connectivity index (χ2n) is 4.69. The van der Waals surface area contributed by atoms with Gasteiger partial charge in [-0.1, -0.05) is 19.9 Å². The molecule has 0 aliphatic carbocycles. The largest absolute Gasteiger partial charge is 0.314 e. The quantitative estimate of drug-likeness (QED) is 0.614. The molecule has 0 aliphatic rings. The second kappa shape index (κ2) is 6.81. The molecule has 0 amide bonds. The molecule has 0 saturated heterocycles. The fourth-order valence-corrected chi connectivity index (χ4v) is 2.67. The highest BCUT2D eigenvalue weighted by atomic mass is 32.2. The first kappa shape index (κ1) is 16.6. The van der Waals surface area contributed by atoms with Crippen LogP contribution in [0.5, 0.6) is 0 Å². The minimum Gasteiger partial charge on any atom is -0.314 e. The molecule has 1 atom stereocenters. The fourth-order valence-electron chi connectivity index (χ4n) is 2.03. The van der Waals surface area contributed by atoms with Crippen LogP contribution in [0.2, 0.25) is 0 Å². The van der Waals surface area contributed by atoms with Crippen molar-refractivity contribution < 1.29 is 13.3 Å². The maximum absolute atomic E-state index is 11.5. The molecule has 0 bridgehead atoms. The van der Waals surface area contributed by atoms with Gasteiger partial charge in [-0.2, -0.15) is 0 Å². The summed E-state index contributed by atoms with van der Waals surface area (Å²) in [6.07, 6.45) is 2.39. The van der Waals surface area contributed by atoms with Gasteiger partial charge in [0, 0.05) is 23.9 Å². The topological polar surface area (TPSA) is 89.3 Å². The number of likely N-dealkylation sites (N-methyl/N-ethyl adjacent to an activating group) is 1. The van der Waals surface area contributed by atoms with Gasteiger partial charge < -0.3 is 5.32 Å². The Morgan fingerprint density at radius 3 is 2.45 bits per heavy atom. The predicted molar refractivity (Wildman–Crippen MR) is 77.7 cm³/mol. The summed E-state index contributed by atoms with van der Waals surface area (Å²) in [5.74, 6) is 0. The van der Waals surface area contributed by atoms with E-state index in [4.69, 9.17) is 0 Å². The summed E-state index contributed by atoms with van der Waals surface area (Å²) >= 11 is 0. The Kier molecular flexibility index (Phi) is 5.64. The lowest BCUT2D eigenvalue weighted by molar-refractivity contribution is -0.385. The summed E-state index contributed by atoms with van der Waals surface area (Å²) in [6, 6.07) is 4.25. The van der Waals surface area contributed by atoms with E-state index in [1.54, 1.807) is 0 Å². The highest BCUT2D eigenvalue weighted by Gasteiger charge is 2.20. The first-order valence-electron chi connectivity index (χ1n) is 6.50. The number of benzene rings is 1. The van der Waals surface area contributed by atoms with Crippen molar-refractivity contribution in [1.29, 1.82) is 0 Å². The van der Waals surface area contributed by atoms with Crippen LogP contribution in [0, 0.1) is 10.1 Å². The van der Waals surface area contributed by atoms with Crippen LogP contribution in [-0.4, -0.2) is 32.2 Å². The lowest BCUT2D eigenvalue weighted by Gasteiger charge is -2.16. The minimum absolute atomic E-state index is 0.0237. The molecule has 7 heteroatoms. The average molecular weight is 300 g/mol. The highest BCUT2D eigenvalue weighted by molar-refractivity contribution is 7.90. The molecule has 0 aromatic heterocycles. The molecule has 1 aromatic carbocycles. The summed E-state index contributed by atoms with van der Waals surface area (Å²) in [5, 5.41) is 14.4. The van der Waals surface area contributed by atoms with E-state index >= 15 is 0 Å². The zero-order chi connectivity index (χ0) is 15.3. The smallest absolute Gasteiger partial charge is 0.273 e. The van der Waals surface area contributed by atoms with Crippen LogP contribution in [-0.2, 0) is 16.3 Å². The van der Waals surface area contributed by atoms with Crippen LogP contribution in [0.1, 0.15) is 25.8 Å². The monoisotopic (exact) mass is 300 g/mol. The zero-order valence-electron chi connectivity index (χ0n) is 11.9. The lowest BCUT2D eigenvalue weighted by Crippen LogP contribution is -2.30. The molecule has 112 valence electrons. The molecule has 0 fully saturated rings. The van der Waals surface area contributed by atoms with Gasteiger partial charge in [0.15, 0.2) is 9.84 Å². The Balaban J connectivity index is 3.17. The van der Waals surface area contributed by atoms with Gasteiger partial charge >= 0.3 is 0 Å². The Bertz CT molecular complexity index is 584. The zero-order valence-corrected chi connectivity index (χ0v) is 12.7. The van der Waals surface area contributed by atoms with Crippen molar-refractivity contribution in [3.8, 4) is 0 Å². The van der Waals surface area contributed by atoms with Crippen molar-refractivity contribution >= 4 is 15.5 Å². The van der Waals surface area contributed by atoms with Crippen LogP contribution < -0.4 is 5.32 Å². The summed E-state index contributed by atoms with van der Waals surface area (Å²) in [7, 11) is -3.44. The number of hydrogen-bond donors (Lipinski definition) is 1. The van der Waals surface area contributed by atoms with E-state index in [0.717, 1.165) is 25.3 Å². The van der Waals surface area contributed by atoms with E-state index in [9.17, 15) is 18.5 Å². The summed E-state index contributed by atoms with van der Waals surface area (Å²) in [6.45, 7) is 4.77. The molecule has 1 N–H and O–H groups in total. The van der Waals surface area contributed by atoms with Crippen molar-refractivity contribution in [3.05, 3.63) is 33.9 Å². The lowest BCUT2D eigenvalue weighted by atomic mass is 10.0. The molecule has 0 aliphatic heterocycles. The van der Waals surface area contributed by atoms with Gasteiger partial charge in [-0.15, -0.1) is 0 Å². The highest BCUT2D eigenvalue weighted by Crippen LogP contribution is 2.24. The summed E-state index contributed by atoms with van der Waals surface area (Å²) < 4.78 is 22.9. The molecule has 0 saturated carbocycles. The number of rotatable bonds is 7. The van der Waals surface area contributed by atoms with Gasteiger partial charge in [-0.05, 0) is 25.5 Å². The van der Waals surface area contributed by atoms with E-state index in [2.05, 4.69) is 5.32 Å². The van der Waals surface area contributed by atoms with Crippen LogP contribution in [0.3, 0.4) is 0 Å². The fraction of sp³-hybridized carbons (Fsp3) is 0.538. The number of nitrogens with zero attached hydrogens (tertiary/aromatic N) is 1. The third-order valence-corrected chi connectivity index (χ3v) is 4.24. The normalized spacial score (nSPS) is 13.2. The number of nitro benzene ring substituents is 1. The number of hydrogen-bond acceptors (Lipinski definition) is 5. The van der Waals surface area contributed by atoms with Gasteiger partial charge in [0.25, 0.3) is 5.69 Å². The Hall–Kier alpha value is -1.47. The molecular formula is C13H20N2O4S. The predicted octanol–water partition coefficient (Wildman–Crippen LogP) is 1.93. The van der Waals surface area contributed by atoms with Crippen LogP contribution in [0.15, 0.2) is 23.1 Å². The van der Waals surface area contributed by atoms with Gasteiger partial charge in [-0.3, -0.25) is 10.1 Å². The molecule has 0 heterocycles. The Morgan fingerprint density at radius 2 is 2.00 bits per heavy atom. The van der Waals surface area contributed by atoms with E-state index < -0.39 is 14.8 Å². The van der Waals surface area contributed by atoms with E-state index in [0.29, 0.717) is 12.0 Å². The standard InChI is InChI=1S/C13H20N2O4S/c1-4-11(14-5-2)8-10-6-7-12(20(3,18)19)9-13(10)15(16)17/h6-7,9,11,14H,4-5,8H2,1-3H3. The van der Waals surface area contributed by atoms with Crippen LogP contribution in [0.25, 0.3) is 0 Å². The number of nitrogens with one attached hydrogen (secondary N) is 1. The number of nitro groups is 1. The molecule has 1 aromatic rings. The first-order chi connectivity index (χ1) is 9.29. The van der Waals surface area contributed by atoms with E-state index in [-0.39, 0.29) is 16.6 Å². The van der Waals surface area contributed by atoms with Gasteiger partial charge in [0.05, 0.1) is 9.82 Å². The van der Waals surface area contributed by atoms with Crippen LogP contribution >= 0.6 is 0 Å². The van der Waals surface area contributed by atoms with Crippen molar-refractivity contribution in [2.45, 2.75) is 37.6 Å².